The van der Waals surface area contributed by atoms with E-state index in [1.807, 2.05) is 36.4 Å². The quantitative estimate of drug-likeness (QED) is 0.396. The molecule has 1 unspecified atom stereocenters. The van der Waals surface area contributed by atoms with Gasteiger partial charge in [-0.2, -0.15) is 0 Å². The number of nitrogen functional groups attached to an aromatic ring is 1. The summed E-state index contributed by atoms with van der Waals surface area (Å²) in [6, 6.07) is 7.21. The molecule has 8 N–H and O–H groups in total. The summed E-state index contributed by atoms with van der Waals surface area (Å²) in [6.07, 6.45) is 5.45. The van der Waals surface area contributed by atoms with Crippen molar-refractivity contribution in [3.05, 3.63) is 48.1 Å². The van der Waals surface area contributed by atoms with Crippen LogP contribution in [0.1, 0.15) is 5.56 Å². The lowest BCUT2D eigenvalue weighted by Crippen LogP contribution is -2.60. The summed E-state index contributed by atoms with van der Waals surface area (Å²) in [4.78, 5) is 0. The Hall–Kier alpha value is -1.62. The van der Waals surface area contributed by atoms with Gasteiger partial charge in [-0.25, -0.2) is 0 Å². The van der Waals surface area contributed by atoms with Crippen molar-refractivity contribution in [1.82, 2.24) is 0 Å². The SMILES string of the molecule is Nc1cccc(C2=CC(N)C(N)(N)C=C2)c1. The van der Waals surface area contributed by atoms with Gasteiger partial charge in [-0.15, -0.1) is 0 Å². The Morgan fingerprint density at radius 1 is 1.19 bits per heavy atom. The molecule has 4 heteroatoms. The van der Waals surface area contributed by atoms with Gasteiger partial charge in [0.2, 0.25) is 0 Å². The van der Waals surface area contributed by atoms with Crippen molar-refractivity contribution in [1.29, 1.82) is 0 Å². The van der Waals surface area contributed by atoms with Crippen LogP contribution in [0.3, 0.4) is 0 Å². The van der Waals surface area contributed by atoms with Gasteiger partial charge in [-0.05, 0) is 29.3 Å². The van der Waals surface area contributed by atoms with E-state index in [0.717, 1.165) is 16.8 Å². The zero-order valence-corrected chi connectivity index (χ0v) is 8.93. The van der Waals surface area contributed by atoms with Gasteiger partial charge in [0.15, 0.2) is 0 Å². The second kappa shape index (κ2) is 3.75. The normalized spacial score (nSPS) is 22.9. The van der Waals surface area contributed by atoms with Crippen molar-refractivity contribution in [2.75, 3.05) is 5.73 Å². The lowest BCUT2D eigenvalue weighted by Gasteiger charge is -2.29. The minimum Gasteiger partial charge on any atom is -0.399 e. The first-order chi connectivity index (χ1) is 7.49. The highest BCUT2D eigenvalue weighted by Gasteiger charge is 2.26. The second-order valence-corrected chi connectivity index (χ2v) is 4.11. The fourth-order valence-electron chi connectivity index (χ4n) is 1.65. The molecule has 4 nitrogen and oxygen atoms in total. The molecular formula is C12H16N4. The van der Waals surface area contributed by atoms with Crippen LogP contribution in [0.25, 0.3) is 5.57 Å². The Labute approximate surface area is 94.6 Å². The molecule has 1 aliphatic carbocycles. The van der Waals surface area contributed by atoms with Crippen LogP contribution in [0.15, 0.2) is 42.5 Å². The van der Waals surface area contributed by atoms with Gasteiger partial charge in [0.1, 0.15) is 5.66 Å². The third kappa shape index (κ3) is 1.99. The monoisotopic (exact) mass is 216 g/mol. The summed E-state index contributed by atoms with van der Waals surface area (Å²) in [6.45, 7) is 0. The lowest BCUT2D eigenvalue weighted by molar-refractivity contribution is 0.490. The molecule has 2 rings (SSSR count). The zero-order chi connectivity index (χ0) is 11.8. The molecule has 1 aromatic carbocycles. The van der Waals surface area contributed by atoms with Crippen LogP contribution >= 0.6 is 0 Å². The molecular weight excluding hydrogens is 200 g/mol. The van der Waals surface area contributed by atoms with Gasteiger partial charge in [0, 0.05) is 5.69 Å². The average Bonchev–Trinajstić information content (AvgIpc) is 2.22. The molecule has 0 radical (unpaired) electrons. The highest BCUT2D eigenvalue weighted by Crippen LogP contribution is 2.23. The number of hydrogen-bond donors (Lipinski definition) is 4. The van der Waals surface area contributed by atoms with Crippen LogP contribution in [0.4, 0.5) is 5.69 Å². The van der Waals surface area contributed by atoms with Crippen molar-refractivity contribution in [3.8, 4) is 0 Å². The standard InChI is InChI=1S/C12H16N4/c13-10-3-1-2-8(6-10)9-4-5-12(15,16)11(14)7-9/h1-7,11H,13-16H2. The maximum absolute atomic E-state index is 5.87. The Morgan fingerprint density at radius 3 is 2.56 bits per heavy atom. The molecule has 0 spiro atoms. The molecule has 0 aromatic heterocycles. The third-order valence-electron chi connectivity index (χ3n) is 2.71. The highest BCUT2D eigenvalue weighted by atomic mass is 15.0. The smallest absolute Gasteiger partial charge is 0.102 e. The summed E-state index contributed by atoms with van der Waals surface area (Å²) in [5.41, 5.74) is 24.9. The number of hydrogen-bond acceptors (Lipinski definition) is 4. The van der Waals surface area contributed by atoms with Crippen LogP contribution in [-0.2, 0) is 0 Å². The molecule has 0 aliphatic heterocycles. The molecule has 0 bridgehead atoms. The first-order valence-corrected chi connectivity index (χ1v) is 5.09. The van der Waals surface area contributed by atoms with Crippen molar-refractivity contribution in [2.45, 2.75) is 11.7 Å². The van der Waals surface area contributed by atoms with Crippen LogP contribution < -0.4 is 22.9 Å². The molecule has 0 heterocycles. The number of allylic oxidation sites excluding steroid dienone is 2. The van der Waals surface area contributed by atoms with Crippen LogP contribution in [0, 0.1) is 0 Å². The maximum atomic E-state index is 5.87. The number of benzene rings is 1. The van der Waals surface area contributed by atoms with Crippen molar-refractivity contribution in [2.24, 2.45) is 17.2 Å². The predicted molar refractivity (Wildman–Crippen MR) is 67.1 cm³/mol. The van der Waals surface area contributed by atoms with Gasteiger partial charge < -0.3 is 22.9 Å². The lowest BCUT2D eigenvalue weighted by atomic mass is 9.90. The third-order valence-corrected chi connectivity index (χ3v) is 2.71. The number of anilines is 1. The van der Waals surface area contributed by atoms with Gasteiger partial charge in [-0.1, -0.05) is 24.3 Å². The molecule has 0 saturated carbocycles. The summed E-state index contributed by atoms with van der Waals surface area (Å²) < 4.78 is 0. The van der Waals surface area contributed by atoms with Crippen LogP contribution in [0.5, 0.6) is 0 Å². The topological polar surface area (TPSA) is 104 Å². The number of rotatable bonds is 1. The van der Waals surface area contributed by atoms with Crippen LogP contribution in [0.2, 0.25) is 0 Å². The largest absolute Gasteiger partial charge is 0.399 e. The van der Waals surface area contributed by atoms with E-state index in [2.05, 4.69) is 0 Å². The minimum atomic E-state index is -0.968. The second-order valence-electron chi connectivity index (χ2n) is 4.11. The Morgan fingerprint density at radius 2 is 1.94 bits per heavy atom. The molecule has 84 valence electrons. The van der Waals surface area contributed by atoms with Gasteiger partial charge in [0.05, 0.1) is 6.04 Å². The van der Waals surface area contributed by atoms with E-state index in [1.165, 1.54) is 0 Å². The van der Waals surface area contributed by atoms with E-state index >= 15 is 0 Å². The summed E-state index contributed by atoms with van der Waals surface area (Å²) in [7, 11) is 0. The van der Waals surface area contributed by atoms with Gasteiger partial charge in [0.25, 0.3) is 0 Å². The molecule has 1 aliphatic rings. The van der Waals surface area contributed by atoms with E-state index in [9.17, 15) is 0 Å². The zero-order valence-electron chi connectivity index (χ0n) is 8.93. The van der Waals surface area contributed by atoms with Gasteiger partial charge in [-0.3, -0.25) is 0 Å². The van der Waals surface area contributed by atoms with Crippen molar-refractivity contribution in [3.63, 3.8) is 0 Å². The summed E-state index contributed by atoms with van der Waals surface area (Å²) in [5.74, 6) is 0. The fraction of sp³-hybridized carbons (Fsp3) is 0.167. The minimum absolute atomic E-state index is 0.395. The average molecular weight is 216 g/mol. The molecule has 0 amide bonds. The molecule has 0 fully saturated rings. The van der Waals surface area contributed by atoms with Gasteiger partial charge >= 0.3 is 0 Å². The summed E-state index contributed by atoms with van der Waals surface area (Å²) in [5, 5.41) is 0. The van der Waals surface area contributed by atoms with E-state index in [1.54, 1.807) is 6.08 Å². The van der Waals surface area contributed by atoms with Crippen molar-refractivity contribution >= 4 is 11.3 Å². The fourth-order valence-corrected chi connectivity index (χ4v) is 1.65. The molecule has 1 aromatic rings. The molecule has 16 heavy (non-hydrogen) atoms. The Balaban J connectivity index is 2.35. The molecule has 1 atom stereocenters. The highest BCUT2D eigenvalue weighted by molar-refractivity contribution is 5.77. The van der Waals surface area contributed by atoms with Crippen molar-refractivity contribution < 1.29 is 0 Å². The number of nitrogens with two attached hydrogens (primary N) is 4. The maximum Gasteiger partial charge on any atom is 0.102 e. The Bertz CT molecular complexity index is 460. The van der Waals surface area contributed by atoms with E-state index < -0.39 is 11.7 Å². The summed E-state index contributed by atoms with van der Waals surface area (Å²) >= 11 is 0. The van der Waals surface area contributed by atoms with E-state index in [-0.39, 0.29) is 0 Å². The first kappa shape index (κ1) is 10.9. The predicted octanol–water partition coefficient (Wildman–Crippen LogP) is 0.163. The van der Waals surface area contributed by atoms with E-state index in [0.29, 0.717) is 0 Å². The molecule has 0 saturated heterocycles. The Kier molecular flexibility index (Phi) is 2.55. The van der Waals surface area contributed by atoms with E-state index in [4.69, 9.17) is 22.9 Å². The first-order valence-electron chi connectivity index (χ1n) is 5.09. The van der Waals surface area contributed by atoms with Crippen LogP contribution in [-0.4, -0.2) is 11.7 Å².